The molecule has 2 aromatic rings. The monoisotopic (exact) mass is 467 g/mol. The van der Waals surface area contributed by atoms with E-state index in [2.05, 4.69) is 22.6 Å². The van der Waals surface area contributed by atoms with Gasteiger partial charge in [-0.25, -0.2) is 9.48 Å². The van der Waals surface area contributed by atoms with E-state index in [1.54, 1.807) is 4.90 Å². The van der Waals surface area contributed by atoms with Crippen molar-refractivity contribution in [2.24, 2.45) is 0 Å². The highest BCUT2D eigenvalue weighted by atomic mass is 127. The van der Waals surface area contributed by atoms with Crippen LogP contribution in [-0.2, 0) is 29.0 Å². The minimum absolute atomic E-state index is 0.0394. The van der Waals surface area contributed by atoms with Gasteiger partial charge < -0.3 is 14.4 Å². The molecule has 0 spiro atoms. The molecule has 1 saturated heterocycles. The summed E-state index contributed by atoms with van der Waals surface area (Å²) in [6.07, 6.45) is 3.86. The van der Waals surface area contributed by atoms with Crippen molar-refractivity contribution in [3.63, 3.8) is 0 Å². The maximum atomic E-state index is 12.5. The van der Waals surface area contributed by atoms with Gasteiger partial charge in [-0.05, 0) is 47.4 Å². The molecule has 2 aliphatic heterocycles. The third-order valence-electron chi connectivity index (χ3n) is 4.93. The Balaban J connectivity index is 1.42. The molecular weight excluding hydrogens is 445 g/mol. The number of carbonyl (C=O) groups is 1. The summed E-state index contributed by atoms with van der Waals surface area (Å²) >= 11 is 2.26. The number of rotatable bonds is 3. The number of hydrogen-bond donors (Lipinski definition) is 0. The number of aromatic nitrogens is 2. The fourth-order valence-corrected chi connectivity index (χ4v) is 4.24. The van der Waals surface area contributed by atoms with Crippen LogP contribution in [0.5, 0.6) is 0 Å². The van der Waals surface area contributed by atoms with Gasteiger partial charge in [-0.2, -0.15) is 5.10 Å². The summed E-state index contributed by atoms with van der Waals surface area (Å²) in [5.41, 5.74) is 3.33. The topological polar surface area (TPSA) is 56.6 Å². The minimum Gasteiger partial charge on any atom is -0.445 e. The van der Waals surface area contributed by atoms with Gasteiger partial charge >= 0.3 is 6.09 Å². The maximum Gasteiger partial charge on any atom is 0.410 e. The number of halogens is 1. The Bertz CT molecular complexity index is 772. The van der Waals surface area contributed by atoms with Crippen molar-refractivity contribution in [3.8, 4) is 0 Å². The Morgan fingerprint density at radius 2 is 2.15 bits per heavy atom. The number of benzene rings is 1. The standard InChI is InChI=1S/C19H22IN3O3/c20-18-15-12-22(19(24)26-13-14-6-2-1-3-7-14)10-9-16(15)23(21-18)17-8-4-5-11-25-17/h1-3,6-7,17H,4-5,8-13H2. The molecule has 1 aromatic carbocycles. The highest BCUT2D eigenvalue weighted by Crippen LogP contribution is 2.30. The van der Waals surface area contributed by atoms with Gasteiger partial charge in [0.1, 0.15) is 10.3 Å². The summed E-state index contributed by atoms with van der Waals surface area (Å²) in [5, 5.41) is 4.70. The summed E-state index contributed by atoms with van der Waals surface area (Å²) in [6.45, 7) is 2.30. The number of ether oxygens (including phenoxy) is 2. The summed E-state index contributed by atoms with van der Waals surface area (Å²) in [6, 6.07) is 9.76. The Morgan fingerprint density at radius 1 is 1.31 bits per heavy atom. The fourth-order valence-electron chi connectivity index (χ4n) is 3.53. The smallest absolute Gasteiger partial charge is 0.410 e. The van der Waals surface area contributed by atoms with E-state index in [4.69, 9.17) is 14.6 Å². The summed E-state index contributed by atoms with van der Waals surface area (Å²) in [5.74, 6) is 0. The van der Waals surface area contributed by atoms with Crippen LogP contribution in [-0.4, -0.2) is 33.9 Å². The number of carbonyl (C=O) groups excluding carboxylic acids is 1. The summed E-state index contributed by atoms with van der Waals surface area (Å²) < 4.78 is 14.4. The molecule has 138 valence electrons. The molecule has 4 rings (SSSR count). The molecule has 0 saturated carbocycles. The lowest BCUT2D eigenvalue weighted by atomic mass is 10.1. The van der Waals surface area contributed by atoms with Crippen LogP contribution < -0.4 is 0 Å². The van der Waals surface area contributed by atoms with Crippen molar-refractivity contribution in [1.82, 2.24) is 14.7 Å². The van der Waals surface area contributed by atoms with E-state index >= 15 is 0 Å². The molecule has 1 atom stereocenters. The number of hydrogen-bond acceptors (Lipinski definition) is 4. The molecule has 7 heteroatoms. The van der Waals surface area contributed by atoms with Crippen LogP contribution >= 0.6 is 22.6 Å². The van der Waals surface area contributed by atoms with E-state index in [-0.39, 0.29) is 12.3 Å². The van der Waals surface area contributed by atoms with Crippen molar-refractivity contribution in [2.75, 3.05) is 13.2 Å². The van der Waals surface area contributed by atoms with Crippen molar-refractivity contribution < 1.29 is 14.3 Å². The Labute approximate surface area is 166 Å². The molecule has 2 aliphatic rings. The molecule has 0 bridgehead atoms. The van der Waals surface area contributed by atoms with E-state index in [1.165, 1.54) is 12.1 Å². The lowest BCUT2D eigenvalue weighted by Crippen LogP contribution is -2.37. The maximum absolute atomic E-state index is 12.5. The summed E-state index contributed by atoms with van der Waals surface area (Å²) in [4.78, 5) is 14.2. The second kappa shape index (κ2) is 7.96. The SMILES string of the molecule is O=C(OCc1ccccc1)N1CCc2c(c(I)nn2C2CCCCO2)C1. The lowest BCUT2D eigenvalue weighted by molar-refractivity contribution is -0.0417. The lowest BCUT2D eigenvalue weighted by Gasteiger charge is -2.29. The first-order chi connectivity index (χ1) is 12.7. The molecular formula is C19H22IN3O3. The van der Waals surface area contributed by atoms with E-state index in [0.29, 0.717) is 19.7 Å². The normalized spacial score (nSPS) is 19.9. The van der Waals surface area contributed by atoms with Crippen LogP contribution in [0.1, 0.15) is 42.3 Å². The molecule has 1 fully saturated rings. The first kappa shape index (κ1) is 17.8. The van der Waals surface area contributed by atoms with Gasteiger partial charge in [0.15, 0.2) is 6.23 Å². The number of fused-ring (bicyclic) bond motifs is 1. The van der Waals surface area contributed by atoms with Gasteiger partial charge in [0.05, 0.1) is 6.54 Å². The zero-order valence-electron chi connectivity index (χ0n) is 14.6. The number of amides is 1. The predicted octanol–water partition coefficient (Wildman–Crippen LogP) is 3.88. The molecule has 0 radical (unpaired) electrons. The third kappa shape index (κ3) is 3.73. The quantitative estimate of drug-likeness (QED) is 0.644. The highest BCUT2D eigenvalue weighted by molar-refractivity contribution is 14.1. The Morgan fingerprint density at radius 3 is 2.92 bits per heavy atom. The first-order valence-electron chi connectivity index (χ1n) is 9.05. The van der Waals surface area contributed by atoms with Gasteiger partial charge in [0, 0.05) is 30.8 Å². The van der Waals surface area contributed by atoms with Gasteiger partial charge in [-0.3, -0.25) is 0 Å². The molecule has 1 amide bonds. The largest absolute Gasteiger partial charge is 0.445 e. The van der Waals surface area contributed by atoms with Crippen LogP contribution in [0.2, 0.25) is 0 Å². The van der Waals surface area contributed by atoms with Crippen molar-refractivity contribution >= 4 is 28.7 Å². The zero-order valence-corrected chi connectivity index (χ0v) is 16.7. The van der Waals surface area contributed by atoms with E-state index in [9.17, 15) is 4.79 Å². The van der Waals surface area contributed by atoms with Crippen molar-refractivity contribution in [3.05, 3.63) is 50.9 Å². The van der Waals surface area contributed by atoms with Crippen LogP contribution in [0.25, 0.3) is 0 Å². The molecule has 26 heavy (non-hydrogen) atoms. The van der Waals surface area contributed by atoms with Gasteiger partial charge in [-0.1, -0.05) is 30.3 Å². The Kier molecular flexibility index (Phi) is 5.44. The van der Waals surface area contributed by atoms with E-state index in [1.807, 2.05) is 35.0 Å². The molecule has 3 heterocycles. The average Bonchev–Trinajstić information content (AvgIpc) is 3.04. The van der Waals surface area contributed by atoms with Crippen LogP contribution in [0, 0.1) is 3.70 Å². The zero-order chi connectivity index (χ0) is 17.9. The highest BCUT2D eigenvalue weighted by Gasteiger charge is 2.30. The van der Waals surface area contributed by atoms with E-state index in [0.717, 1.165) is 40.7 Å². The van der Waals surface area contributed by atoms with Gasteiger partial charge in [-0.15, -0.1) is 0 Å². The third-order valence-corrected chi connectivity index (χ3v) is 5.80. The van der Waals surface area contributed by atoms with Gasteiger partial charge in [0.25, 0.3) is 0 Å². The second-order valence-electron chi connectivity index (χ2n) is 6.69. The Hall–Kier alpha value is -1.61. The van der Waals surface area contributed by atoms with Crippen LogP contribution in [0.15, 0.2) is 30.3 Å². The fraction of sp³-hybridized carbons (Fsp3) is 0.474. The first-order valence-corrected chi connectivity index (χ1v) is 10.1. The summed E-state index contributed by atoms with van der Waals surface area (Å²) in [7, 11) is 0. The molecule has 1 unspecified atom stereocenters. The van der Waals surface area contributed by atoms with Crippen molar-refractivity contribution in [1.29, 1.82) is 0 Å². The van der Waals surface area contributed by atoms with Crippen LogP contribution in [0.3, 0.4) is 0 Å². The molecule has 1 aromatic heterocycles. The van der Waals surface area contributed by atoms with Gasteiger partial charge in [0.2, 0.25) is 0 Å². The van der Waals surface area contributed by atoms with Crippen molar-refractivity contribution in [2.45, 2.75) is 45.1 Å². The van der Waals surface area contributed by atoms with E-state index < -0.39 is 0 Å². The molecule has 0 N–H and O–H groups in total. The van der Waals surface area contributed by atoms with Crippen LogP contribution in [0.4, 0.5) is 4.79 Å². The average molecular weight is 467 g/mol. The minimum atomic E-state index is -0.267. The number of nitrogens with zero attached hydrogens (tertiary/aromatic N) is 3. The second-order valence-corrected chi connectivity index (χ2v) is 7.72. The predicted molar refractivity (Wildman–Crippen MR) is 105 cm³/mol. The molecule has 0 aliphatic carbocycles. The molecule has 6 nitrogen and oxygen atoms in total.